The molecular formula is C31H44N6O2. The lowest BCUT2D eigenvalue weighted by Crippen LogP contribution is -2.33. The van der Waals surface area contributed by atoms with E-state index in [0.717, 1.165) is 86.5 Å². The third-order valence-electron chi connectivity index (χ3n) is 7.53. The number of fused-ring (bicyclic) bond motifs is 1. The van der Waals surface area contributed by atoms with Crippen LogP contribution in [-0.4, -0.2) is 70.9 Å². The fourth-order valence-electron chi connectivity index (χ4n) is 5.21. The van der Waals surface area contributed by atoms with Gasteiger partial charge in [-0.15, -0.1) is 0 Å². The van der Waals surface area contributed by atoms with Gasteiger partial charge in [-0.3, -0.25) is 9.59 Å². The van der Waals surface area contributed by atoms with Crippen molar-refractivity contribution in [3.63, 3.8) is 0 Å². The highest BCUT2D eigenvalue weighted by molar-refractivity contribution is 5.98. The summed E-state index contributed by atoms with van der Waals surface area (Å²) in [5, 5.41) is 6.12. The summed E-state index contributed by atoms with van der Waals surface area (Å²) in [5.74, 6) is 0.736. The molecule has 8 heteroatoms. The number of hydrogen-bond acceptors (Lipinski definition) is 5. The van der Waals surface area contributed by atoms with Crippen molar-refractivity contribution >= 4 is 34.5 Å². The molecule has 39 heavy (non-hydrogen) atoms. The number of unbranched alkanes of at least 4 members (excludes halogenated alkanes) is 2. The van der Waals surface area contributed by atoms with E-state index in [1.165, 1.54) is 25.9 Å². The normalized spacial score (nSPS) is 13.6. The Morgan fingerprint density at radius 1 is 0.897 bits per heavy atom. The van der Waals surface area contributed by atoms with Gasteiger partial charge in [0.1, 0.15) is 0 Å². The molecule has 2 amide bonds. The number of anilines is 2. The van der Waals surface area contributed by atoms with Crippen molar-refractivity contribution in [1.82, 2.24) is 24.7 Å². The maximum absolute atomic E-state index is 13.6. The van der Waals surface area contributed by atoms with Crippen LogP contribution in [0, 0.1) is 0 Å². The fraction of sp³-hybridized carbons (Fsp3) is 0.516. The van der Waals surface area contributed by atoms with Gasteiger partial charge >= 0.3 is 0 Å². The Kier molecular flexibility index (Phi) is 10.4. The van der Waals surface area contributed by atoms with Gasteiger partial charge in [-0.1, -0.05) is 26.7 Å². The molecular weight excluding hydrogens is 488 g/mol. The van der Waals surface area contributed by atoms with E-state index >= 15 is 0 Å². The zero-order chi connectivity index (χ0) is 27.6. The molecule has 3 aromatic rings. The fourth-order valence-corrected chi connectivity index (χ4v) is 5.21. The number of carbonyl (C=O) groups excluding carboxylic acids is 2. The highest BCUT2D eigenvalue weighted by atomic mass is 16.2. The van der Waals surface area contributed by atoms with Crippen LogP contribution in [-0.2, 0) is 6.54 Å². The molecule has 4 rings (SSSR count). The van der Waals surface area contributed by atoms with E-state index in [1.54, 1.807) is 19.2 Å². The molecule has 1 aromatic heterocycles. The number of nitrogens with one attached hydrogen (secondary N) is 2. The average Bonchev–Trinajstić information content (AvgIpc) is 3.60. The Morgan fingerprint density at radius 2 is 1.56 bits per heavy atom. The van der Waals surface area contributed by atoms with Gasteiger partial charge in [0.25, 0.3) is 11.8 Å². The third-order valence-corrected chi connectivity index (χ3v) is 7.53. The average molecular weight is 533 g/mol. The molecule has 0 aliphatic carbocycles. The van der Waals surface area contributed by atoms with Crippen molar-refractivity contribution in [2.24, 2.45) is 0 Å². The number of nitrogens with zero attached hydrogens (tertiary/aromatic N) is 4. The molecule has 210 valence electrons. The molecule has 2 N–H and O–H groups in total. The van der Waals surface area contributed by atoms with Crippen LogP contribution in [0.5, 0.6) is 0 Å². The molecule has 1 aliphatic heterocycles. The summed E-state index contributed by atoms with van der Waals surface area (Å²) in [4.78, 5) is 34.9. The van der Waals surface area contributed by atoms with Crippen molar-refractivity contribution in [3.05, 3.63) is 53.6 Å². The quantitative estimate of drug-likeness (QED) is 0.280. The Hall–Kier alpha value is -3.39. The highest BCUT2D eigenvalue weighted by Gasteiger charge is 2.19. The molecule has 0 spiro atoms. The smallest absolute Gasteiger partial charge is 0.253 e. The van der Waals surface area contributed by atoms with Crippen LogP contribution in [0.4, 0.5) is 11.6 Å². The predicted octanol–water partition coefficient (Wildman–Crippen LogP) is 5.67. The number of benzene rings is 2. The topological polar surface area (TPSA) is 82.5 Å². The summed E-state index contributed by atoms with van der Waals surface area (Å²) >= 11 is 0. The Morgan fingerprint density at radius 3 is 2.21 bits per heavy atom. The highest BCUT2D eigenvalue weighted by Crippen LogP contribution is 2.26. The standard InChI is InChI=1S/C31H44N6O2/c1-4-6-20-36(21-7-5-2)30(39)25-13-16-27-28(23-25)37(22-10-19-35-17-8-9-18-35)31(34-27)33-26-14-11-24(12-15-26)29(38)32-3/h11-16,23H,4-10,17-22H2,1-3H3,(H,32,38)(H,33,34). The maximum atomic E-state index is 13.6. The second kappa shape index (κ2) is 14.1. The van der Waals surface area contributed by atoms with Crippen LogP contribution < -0.4 is 10.6 Å². The van der Waals surface area contributed by atoms with Crippen molar-refractivity contribution in [2.45, 2.75) is 65.3 Å². The van der Waals surface area contributed by atoms with E-state index in [2.05, 4.69) is 33.9 Å². The lowest BCUT2D eigenvalue weighted by atomic mass is 10.1. The van der Waals surface area contributed by atoms with E-state index in [0.29, 0.717) is 5.56 Å². The molecule has 2 heterocycles. The second-order valence-electron chi connectivity index (χ2n) is 10.5. The molecule has 1 aliphatic rings. The van der Waals surface area contributed by atoms with Gasteiger partial charge in [0.2, 0.25) is 5.95 Å². The lowest BCUT2D eigenvalue weighted by molar-refractivity contribution is 0.0751. The van der Waals surface area contributed by atoms with Gasteiger partial charge < -0.3 is 25.0 Å². The van der Waals surface area contributed by atoms with Crippen LogP contribution >= 0.6 is 0 Å². The summed E-state index contributed by atoms with van der Waals surface area (Å²) < 4.78 is 2.21. The van der Waals surface area contributed by atoms with Gasteiger partial charge in [0.05, 0.1) is 11.0 Å². The Bertz CT molecular complexity index is 1220. The minimum absolute atomic E-state index is 0.0999. The van der Waals surface area contributed by atoms with Crippen LogP contribution in [0.2, 0.25) is 0 Å². The monoisotopic (exact) mass is 532 g/mol. The zero-order valence-electron chi connectivity index (χ0n) is 23.8. The minimum Gasteiger partial charge on any atom is -0.355 e. The van der Waals surface area contributed by atoms with Crippen molar-refractivity contribution in [2.75, 3.05) is 45.1 Å². The van der Waals surface area contributed by atoms with Crippen molar-refractivity contribution in [1.29, 1.82) is 0 Å². The number of hydrogen-bond donors (Lipinski definition) is 2. The van der Waals surface area contributed by atoms with Gasteiger partial charge in [0.15, 0.2) is 0 Å². The molecule has 0 radical (unpaired) electrons. The molecule has 0 saturated carbocycles. The van der Waals surface area contributed by atoms with Crippen molar-refractivity contribution in [3.8, 4) is 0 Å². The SMILES string of the molecule is CCCCN(CCCC)C(=O)c1ccc2nc(Nc3ccc(C(=O)NC)cc3)n(CCCN3CCCC3)c2c1. The summed E-state index contributed by atoms with van der Waals surface area (Å²) in [6, 6.07) is 13.3. The van der Waals surface area contributed by atoms with E-state index < -0.39 is 0 Å². The summed E-state index contributed by atoms with van der Waals surface area (Å²) in [6.07, 6.45) is 7.73. The number of imidazole rings is 1. The molecule has 1 fully saturated rings. The first-order chi connectivity index (χ1) is 19.0. The number of likely N-dealkylation sites (tertiary alicyclic amines) is 1. The van der Waals surface area contributed by atoms with Gasteiger partial charge in [0, 0.05) is 43.5 Å². The molecule has 0 atom stereocenters. The predicted molar refractivity (Wildman–Crippen MR) is 159 cm³/mol. The van der Waals surface area contributed by atoms with Gasteiger partial charge in [-0.2, -0.15) is 0 Å². The summed E-state index contributed by atoms with van der Waals surface area (Å²) in [7, 11) is 1.63. The molecule has 0 unspecified atom stereocenters. The van der Waals surface area contributed by atoms with Crippen LogP contribution in [0.15, 0.2) is 42.5 Å². The minimum atomic E-state index is -0.111. The van der Waals surface area contributed by atoms with E-state index in [4.69, 9.17) is 4.98 Å². The lowest BCUT2D eigenvalue weighted by Gasteiger charge is -2.22. The second-order valence-corrected chi connectivity index (χ2v) is 10.5. The number of amides is 2. The first-order valence-electron chi connectivity index (χ1n) is 14.6. The first kappa shape index (κ1) is 28.6. The zero-order valence-corrected chi connectivity index (χ0v) is 23.8. The largest absolute Gasteiger partial charge is 0.355 e. The number of aryl methyl sites for hydroxylation is 1. The number of rotatable bonds is 14. The maximum Gasteiger partial charge on any atom is 0.253 e. The Balaban J connectivity index is 1.62. The number of aromatic nitrogens is 2. The molecule has 0 bridgehead atoms. The molecule has 1 saturated heterocycles. The summed E-state index contributed by atoms with van der Waals surface area (Å²) in [6.45, 7) is 10.1. The first-order valence-corrected chi connectivity index (χ1v) is 14.6. The summed E-state index contributed by atoms with van der Waals surface area (Å²) in [5.41, 5.74) is 4.03. The van der Waals surface area contributed by atoms with Gasteiger partial charge in [-0.05, 0) is 94.2 Å². The van der Waals surface area contributed by atoms with Gasteiger partial charge in [-0.25, -0.2) is 4.98 Å². The molecule has 8 nitrogen and oxygen atoms in total. The number of carbonyl (C=O) groups is 2. The van der Waals surface area contributed by atoms with Crippen LogP contribution in [0.1, 0.15) is 79.5 Å². The Labute approximate surface area is 232 Å². The van der Waals surface area contributed by atoms with Crippen molar-refractivity contribution < 1.29 is 9.59 Å². The van der Waals surface area contributed by atoms with E-state index in [9.17, 15) is 9.59 Å². The van der Waals surface area contributed by atoms with E-state index in [-0.39, 0.29) is 11.8 Å². The van der Waals surface area contributed by atoms with E-state index in [1.807, 2.05) is 35.2 Å². The van der Waals surface area contributed by atoms with Crippen LogP contribution in [0.3, 0.4) is 0 Å². The molecule has 2 aromatic carbocycles. The third kappa shape index (κ3) is 7.38. The van der Waals surface area contributed by atoms with Crippen LogP contribution in [0.25, 0.3) is 11.0 Å².